The molecule has 0 radical (unpaired) electrons. The molecule has 2 aromatic carbocycles. The normalized spacial score (nSPS) is 12.0. The monoisotopic (exact) mass is 341 g/mol. The lowest BCUT2D eigenvalue weighted by molar-refractivity contribution is -0.120. The minimum Gasteiger partial charge on any atom is -0.351 e. The van der Waals surface area contributed by atoms with Crippen LogP contribution in [0.3, 0.4) is 0 Å². The van der Waals surface area contributed by atoms with Crippen molar-refractivity contribution in [3.63, 3.8) is 0 Å². The van der Waals surface area contributed by atoms with Gasteiger partial charge in [-0.25, -0.2) is 8.78 Å². The zero-order valence-corrected chi connectivity index (χ0v) is 13.3. The lowest BCUT2D eigenvalue weighted by atomic mass is 10.2. The predicted octanol–water partition coefficient (Wildman–Crippen LogP) is 4.42. The summed E-state index contributed by atoms with van der Waals surface area (Å²) in [5.41, 5.74) is 0.919. The highest BCUT2D eigenvalue weighted by Crippen LogP contribution is 2.26. The Kier molecular flexibility index (Phi) is 5.80. The molecule has 116 valence electrons. The molecule has 0 saturated heterocycles. The molecule has 2 rings (SSSR count). The molecule has 1 N–H and O–H groups in total. The molecule has 1 atom stereocenters. The zero-order chi connectivity index (χ0) is 16.1. The van der Waals surface area contributed by atoms with Crippen molar-refractivity contribution in [1.29, 1.82) is 0 Å². The largest absolute Gasteiger partial charge is 0.351 e. The van der Waals surface area contributed by atoms with Crippen LogP contribution in [-0.2, 0) is 11.3 Å². The van der Waals surface area contributed by atoms with E-state index in [4.69, 9.17) is 11.6 Å². The lowest BCUT2D eigenvalue weighted by Gasteiger charge is -2.12. The smallest absolute Gasteiger partial charge is 0.233 e. The first-order chi connectivity index (χ1) is 10.5. The van der Waals surface area contributed by atoms with Crippen LogP contribution in [0.2, 0.25) is 5.02 Å². The van der Waals surface area contributed by atoms with E-state index in [1.807, 2.05) is 12.1 Å². The van der Waals surface area contributed by atoms with Crippen LogP contribution in [0.15, 0.2) is 47.4 Å². The number of halogens is 3. The molecular formula is C16H14ClF2NOS. The summed E-state index contributed by atoms with van der Waals surface area (Å²) in [6.07, 6.45) is 0. The lowest BCUT2D eigenvalue weighted by Crippen LogP contribution is -2.30. The van der Waals surface area contributed by atoms with Crippen molar-refractivity contribution in [1.82, 2.24) is 5.32 Å². The number of benzene rings is 2. The second-order valence-corrected chi connectivity index (χ2v) is 6.50. The first kappa shape index (κ1) is 16.8. The molecule has 2 nitrogen and oxygen atoms in total. The molecule has 0 saturated carbocycles. The topological polar surface area (TPSA) is 29.1 Å². The van der Waals surface area contributed by atoms with Crippen molar-refractivity contribution in [3.05, 3.63) is 64.7 Å². The standard InChI is InChI=1S/C16H14ClF2NOS/c1-10(22-15-7-6-13(18)8-14(15)19)16(21)20-9-11-2-4-12(17)5-3-11/h2-8,10H,9H2,1H3,(H,20,21). The van der Waals surface area contributed by atoms with Gasteiger partial charge in [0, 0.05) is 22.5 Å². The van der Waals surface area contributed by atoms with Gasteiger partial charge in [0.1, 0.15) is 11.6 Å². The molecule has 6 heteroatoms. The fourth-order valence-corrected chi connectivity index (χ4v) is 2.77. The Bertz CT molecular complexity index is 664. The van der Waals surface area contributed by atoms with Gasteiger partial charge in [-0.05, 0) is 36.8 Å². The highest BCUT2D eigenvalue weighted by Gasteiger charge is 2.16. The van der Waals surface area contributed by atoms with Crippen LogP contribution in [0.1, 0.15) is 12.5 Å². The Labute approximate surface area is 136 Å². The Morgan fingerprint density at radius 2 is 1.91 bits per heavy atom. The Hall–Kier alpha value is -1.59. The molecule has 0 heterocycles. The third-order valence-corrected chi connectivity index (χ3v) is 4.35. The zero-order valence-electron chi connectivity index (χ0n) is 11.8. The first-order valence-electron chi connectivity index (χ1n) is 6.59. The van der Waals surface area contributed by atoms with Crippen molar-refractivity contribution < 1.29 is 13.6 Å². The number of carbonyl (C=O) groups is 1. The third kappa shape index (κ3) is 4.71. The Morgan fingerprint density at radius 1 is 1.23 bits per heavy atom. The Morgan fingerprint density at radius 3 is 2.55 bits per heavy atom. The second kappa shape index (κ2) is 7.61. The highest BCUT2D eigenvalue weighted by molar-refractivity contribution is 8.00. The quantitative estimate of drug-likeness (QED) is 0.816. The molecule has 22 heavy (non-hydrogen) atoms. The molecule has 0 fully saturated rings. The number of carbonyl (C=O) groups excluding carboxylic acids is 1. The number of thioether (sulfide) groups is 1. The summed E-state index contributed by atoms with van der Waals surface area (Å²) in [5, 5.41) is 2.91. The number of hydrogen-bond donors (Lipinski definition) is 1. The maximum atomic E-state index is 13.6. The average molecular weight is 342 g/mol. The summed E-state index contributed by atoms with van der Waals surface area (Å²) in [7, 11) is 0. The molecule has 0 aliphatic carbocycles. The molecule has 1 unspecified atom stereocenters. The number of hydrogen-bond acceptors (Lipinski definition) is 2. The second-order valence-electron chi connectivity index (χ2n) is 4.68. The number of nitrogens with one attached hydrogen (secondary N) is 1. The van der Waals surface area contributed by atoms with E-state index in [1.165, 1.54) is 12.1 Å². The van der Waals surface area contributed by atoms with Gasteiger partial charge in [-0.15, -0.1) is 11.8 Å². The van der Waals surface area contributed by atoms with E-state index in [-0.39, 0.29) is 10.8 Å². The van der Waals surface area contributed by atoms with Gasteiger partial charge in [-0.2, -0.15) is 0 Å². The van der Waals surface area contributed by atoms with Crippen LogP contribution in [0, 0.1) is 11.6 Å². The minimum absolute atomic E-state index is 0.219. The molecule has 0 aromatic heterocycles. The van der Waals surface area contributed by atoms with E-state index in [0.717, 1.165) is 23.4 Å². The van der Waals surface area contributed by atoms with Gasteiger partial charge in [0.15, 0.2) is 0 Å². The van der Waals surface area contributed by atoms with E-state index in [0.29, 0.717) is 11.6 Å². The third-order valence-electron chi connectivity index (χ3n) is 2.95. The van der Waals surface area contributed by atoms with Crippen LogP contribution in [0.5, 0.6) is 0 Å². The molecule has 1 amide bonds. The van der Waals surface area contributed by atoms with E-state index in [1.54, 1.807) is 19.1 Å². The van der Waals surface area contributed by atoms with Crippen molar-refractivity contribution in [3.8, 4) is 0 Å². The summed E-state index contributed by atoms with van der Waals surface area (Å²) in [4.78, 5) is 12.3. The molecule has 0 aliphatic rings. The van der Waals surface area contributed by atoms with Crippen LogP contribution in [0.4, 0.5) is 8.78 Å². The molecule has 0 bridgehead atoms. The van der Waals surface area contributed by atoms with Crippen molar-refractivity contribution in [2.45, 2.75) is 23.6 Å². The maximum absolute atomic E-state index is 13.6. The summed E-state index contributed by atoms with van der Waals surface area (Å²) in [6, 6.07) is 10.4. The fourth-order valence-electron chi connectivity index (χ4n) is 1.75. The molecular weight excluding hydrogens is 328 g/mol. The Balaban J connectivity index is 1.90. The van der Waals surface area contributed by atoms with Gasteiger partial charge in [-0.1, -0.05) is 23.7 Å². The molecule has 0 aliphatic heterocycles. The average Bonchev–Trinajstić information content (AvgIpc) is 2.49. The van der Waals surface area contributed by atoms with Crippen molar-refractivity contribution in [2.75, 3.05) is 0 Å². The summed E-state index contributed by atoms with van der Waals surface area (Å²) < 4.78 is 26.4. The van der Waals surface area contributed by atoms with Crippen LogP contribution >= 0.6 is 23.4 Å². The summed E-state index contributed by atoms with van der Waals surface area (Å²) in [6.45, 7) is 2.04. The minimum atomic E-state index is -0.664. The van der Waals surface area contributed by atoms with Gasteiger partial charge in [0.25, 0.3) is 0 Å². The fraction of sp³-hybridized carbons (Fsp3) is 0.188. The van der Waals surface area contributed by atoms with E-state index in [2.05, 4.69) is 5.32 Å². The van der Waals surface area contributed by atoms with Gasteiger partial charge in [0.05, 0.1) is 5.25 Å². The van der Waals surface area contributed by atoms with E-state index in [9.17, 15) is 13.6 Å². The van der Waals surface area contributed by atoms with Crippen LogP contribution in [0.25, 0.3) is 0 Å². The van der Waals surface area contributed by atoms with E-state index < -0.39 is 16.9 Å². The number of amides is 1. The van der Waals surface area contributed by atoms with E-state index >= 15 is 0 Å². The summed E-state index contributed by atoms with van der Waals surface area (Å²) in [5.74, 6) is -1.52. The maximum Gasteiger partial charge on any atom is 0.233 e. The van der Waals surface area contributed by atoms with Gasteiger partial charge < -0.3 is 5.32 Å². The van der Waals surface area contributed by atoms with Crippen molar-refractivity contribution in [2.24, 2.45) is 0 Å². The van der Waals surface area contributed by atoms with Gasteiger partial charge in [-0.3, -0.25) is 4.79 Å². The van der Waals surface area contributed by atoms with Crippen LogP contribution < -0.4 is 5.32 Å². The first-order valence-corrected chi connectivity index (χ1v) is 7.85. The van der Waals surface area contributed by atoms with Gasteiger partial charge in [0.2, 0.25) is 5.91 Å². The number of rotatable bonds is 5. The molecule has 2 aromatic rings. The molecule has 0 spiro atoms. The summed E-state index contributed by atoms with van der Waals surface area (Å²) >= 11 is 6.84. The van der Waals surface area contributed by atoms with Crippen molar-refractivity contribution >= 4 is 29.3 Å². The van der Waals surface area contributed by atoms with Crippen LogP contribution in [-0.4, -0.2) is 11.2 Å². The van der Waals surface area contributed by atoms with Gasteiger partial charge >= 0.3 is 0 Å². The predicted molar refractivity (Wildman–Crippen MR) is 85.0 cm³/mol. The SMILES string of the molecule is CC(Sc1ccc(F)cc1F)C(=O)NCc1ccc(Cl)cc1. The highest BCUT2D eigenvalue weighted by atomic mass is 35.5.